The van der Waals surface area contributed by atoms with E-state index in [1.54, 1.807) is 36.0 Å². The summed E-state index contributed by atoms with van der Waals surface area (Å²) in [7, 11) is 3.10. The number of aryl methyl sites for hydroxylation is 1. The third kappa shape index (κ3) is 5.17. The molecule has 32 heavy (non-hydrogen) atoms. The van der Waals surface area contributed by atoms with Crippen LogP contribution in [0.15, 0.2) is 54.6 Å². The number of methoxy groups -OCH3 is 1. The summed E-state index contributed by atoms with van der Waals surface area (Å²) in [6, 6.07) is 16.7. The summed E-state index contributed by atoms with van der Waals surface area (Å²) < 4.78 is 6.99. The summed E-state index contributed by atoms with van der Waals surface area (Å²) in [5.74, 6) is 0.420. The van der Waals surface area contributed by atoms with Gasteiger partial charge in [0.1, 0.15) is 11.6 Å². The molecule has 2 amide bonds. The van der Waals surface area contributed by atoms with Crippen molar-refractivity contribution >= 4 is 17.6 Å². The lowest BCUT2D eigenvalue weighted by Gasteiger charge is -2.18. The monoisotopic (exact) mass is 434 g/mol. The molecule has 0 aliphatic rings. The van der Waals surface area contributed by atoms with Crippen LogP contribution in [0, 0.1) is 6.92 Å². The maximum Gasteiger partial charge on any atom is 0.257 e. The summed E-state index contributed by atoms with van der Waals surface area (Å²) in [4.78, 5) is 27.0. The Labute approximate surface area is 189 Å². The predicted molar refractivity (Wildman–Crippen MR) is 126 cm³/mol. The summed E-state index contributed by atoms with van der Waals surface area (Å²) in [6.07, 6.45) is 0. The third-order valence-electron chi connectivity index (χ3n) is 5.09. The van der Waals surface area contributed by atoms with E-state index in [2.05, 4.69) is 26.1 Å². The number of likely N-dealkylation sites (N-methyl/N-ethyl adjacent to an activating group) is 1. The first-order valence-corrected chi connectivity index (χ1v) is 10.5. The molecule has 1 aromatic heterocycles. The summed E-state index contributed by atoms with van der Waals surface area (Å²) in [6.45, 7) is 8.12. The van der Waals surface area contributed by atoms with Gasteiger partial charge in [-0.2, -0.15) is 5.10 Å². The van der Waals surface area contributed by atoms with Gasteiger partial charge in [-0.3, -0.25) is 9.59 Å². The predicted octanol–water partition coefficient (Wildman–Crippen LogP) is 4.20. The highest BCUT2D eigenvalue weighted by Crippen LogP contribution is 2.26. The van der Waals surface area contributed by atoms with E-state index < -0.39 is 0 Å². The van der Waals surface area contributed by atoms with E-state index in [0.717, 1.165) is 16.9 Å². The minimum Gasteiger partial charge on any atom is -0.496 e. The number of hydrogen-bond acceptors (Lipinski definition) is 4. The van der Waals surface area contributed by atoms with Crippen LogP contribution < -0.4 is 10.1 Å². The Morgan fingerprint density at radius 3 is 2.38 bits per heavy atom. The molecule has 0 radical (unpaired) electrons. The quantitative estimate of drug-likeness (QED) is 0.631. The van der Waals surface area contributed by atoms with Crippen LogP contribution in [0.25, 0.3) is 5.69 Å². The molecule has 0 fully saturated rings. The molecule has 0 unspecified atom stereocenters. The minimum absolute atomic E-state index is 0.110. The highest BCUT2D eigenvalue weighted by atomic mass is 16.5. The Morgan fingerprint density at radius 1 is 1.09 bits per heavy atom. The van der Waals surface area contributed by atoms with Gasteiger partial charge in [-0.05, 0) is 31.2 Å². The van der Waals surface area contributed by atoms with E-state index in [0.29, 0.717) is 17.1 Å². The number of anilines is 1. The highest BCUT2D eigenvalue weighted by Gasteiger charge is 2.23. The summed E-state index contributed by atoms with van der Waals surface area (Å²) >= 11 is 0. The van der Waals surface area contributed by atoms with Gasteiger partial charge in [-0.25, -0.2) is 4.68 Å². The smallest absolute Gasteiger partial charge is 0.257 e. The van der Waals surface area contributed by atoms with Crippen LogP contribution in [-0.2, 0) is 10.2 Å². The van der Waals surface area contributed by atoms with Crippen molar-refractivity contribution in [2.45, 2.75) is 33.1 Å². The van der Waals surface area contributed by atoms with E-state index in [4.69, 9.17) is 9.84 Å². The van der Waals surface area contributed by atoms with Gasteiger partial charge in [0.15, 0.2) is 0 Å². The van der Waals surface area contributed by atoms with Crippen LogP contribution in [0.1, 0.15) is 42.4 Å². The summed E-state index contributed by atoms with van der Waals surface area (Å²) in [5.41, 5.74) is 3.06. The van der Waals surface area contributed by atoms with E-state index >= 15 is 0 Å². The van der Waals surface area contributed by atoms with E-state index in [1.165, 1.54) is 12.0 Å². The van der Waals surface area contributed by atoms with Crippen molar-refractivity contribution in [1.82, 2.24) is 14.7 Å². The first-order valence-electron chi connectivity index (χ1n) is 10.5. The lowest BCUT2D eigenvalue weighted by molar-refractivity contribution is -0.116. The number of aromatic nitrogens is 2. The molecular formula is C25H30N4O3. The van der Waals surface area contributed by atoms with Gasteiger partial charge in [0.2, 0.25) is 5.91 Å². The van der Waals surface area contributed by atoms with Crippen molar-refractivity contribution in [3.63, 3.8) is 0 Å². The van der Waals surface area contributed by atoms with Crippen molar-refractivity contribution in [3.8, 4) is 11.4 Å². The average Bonchev–Trinajstić information content (AvgIpc) is 3.17. The zero-order valence-electron chi connectivity index (χ0n) is 19.5. The fourth-order valence-electron chi connectivity index (χ4n) is 3.22. The number of ether oxygens (including phenoxy) is 1. The minimum atomic E-state index is -0.315. The lowest BCUT2D eigenvalue weighted by atomic mass is 9.92. The number of amides is 2. The molecule has 0 saturated carbocycles. The Balaban J connectivity index is 1.81. The van der Waals surface area contributed by atoms with Crippen LogP contribution >= 0.6 is 0 Å². The Hall–Kier alpha value is -3.61. The Morgan fingerprint density at radius 2 is 1.75 bits per heavy atom. The van der Waals surface area contributed by atoms with Gasteiger partial charge in [0.05, 0.1) is 30.6 Å². The van der Waals surface area contributed by atoms with Crippen LogP contribution in [-0.4, -0.2) is 47.2 Å². The molecule has 0 aliphatic carbocycles. The molecule has 0 saturated heterocycles. The average molecular weight is 435 g/mol. The second-order valence-corrected chi connectivity index (χ2v) is 8.82. The summed E-state index contributed by atoms with van der Waals surface area (Å²) in [5, 5.41) is 7.64. The number of rotatable bonds is 6. The molecule has 1 heterocycles. The van der Waals surface area contributed by atoms with Crippen molar-refractivity contribution in [3.05, 3.63) is 71.4 Å². The maximum absolute atomic E-state index is 12.8. The molecule has 0 aliphatic heterocycles. The maximum atomic E-state index is 12.8. The Bertz CT molecular complexity index is 1110. The Kier molecular flexibility index (Phi) is 6.67. The van der Waals surface area contributed by atoms with E-state index in [9.17, 15) is 9.59 Å². The van der Waals surface area contributed by atoms with Gasteiger partial charge < -0.3 is 15.0 Å². The molecule has 0 bridgehead atoms. The first kappa shape index (κ1) is 23.1. The molecule has 3 aromatic rings. The highest BCUT2D eigenvalue weighted by molar-refractivity contribution is 6.00. The topological polar surface area (TPSA) is 76.5 Å². The van der Waals surface area contributed by atoms with Crippen LogP contribution in [0.5, 0.6) is 5.75 Å². The van der Waals surface area contributed by atoms with Crippen molar-refractivity contribution in [1.29, 1.82) is 0 Å². The second-order valence-electron chi connectivity index (χ2n) is 8.82. The van der Waals surface area contributed by atoms with Crippen molar-refractivity contribution < 1.29 is 14.3 Å². The van der Waals surface area contributed by atoms with Crippen molar-refractivity contribution in [2.24, 2.45) is 0 Å². The molecule has 7 heteroatoms. The first-order chi connectivity index (χ1) is 15.1. The standard InChI is InChI=1S/C25H30N4O3/c1-17-11-13-18(14-12-17)29-22(15-21(27-29)25(2,3)4)26-23(30)16-28(5)24(31)19-9-7-8-10-20(19)32-6/h7-15H,16H2,1-6H3,(H,26,30). The largest absolute Gasteiger partial charge is 0.496 e. The molecule has 168 valence electrons. The molecule has 1 N–H and O–H groups in total. The van der Waals surface area contributed by atoms with Gasteiger partial charge in [-0.1, -0.05) is 50.6 Å². The molecule has 0 spiro atoms. The molecule has 3 rings (SSSR count). The van der Waals surface area contributed by atoms with Gasteiger partial charge in [0, 0.05) is 18.5 Å². The second kappa shape index (κ2) is 9.26. The van der Waals surface area contributed by atoms with E-state index in [1.807, 2.05) is 37.3 Å². The number of carbonyl (C=O) groups excluding carboxylic acids is 2. The zero-order valence-corrected chi connectivity index (χ0v) is 19.5. The molecule has 2 aromatic carbocycles. The normalized spacial score (nSPS) is 11.2. The number of carbonyl (C=O) groups is 2. The molecule has 7 nitrogen and oxygen atoms in total. The van der Waals surface area contributed by atoms with Crippen molar-refractivity contribution in [2.75, 3.05) is 26.0 Å². The number of benzene rings is 2. The number of nitrogens with zero attached hydrogens (tertiary/aromatic N) is 3. The zero-order chi connectivity index (χ0) is 23.5. The number of nitrogens with one attached hydrogen (secondary N) is 1. The SMILES string of the molecule is COc1ccccc1C(=O)N(C)CC(=O)Nc1cc(C(C)(C)C)nn1-c1ccc(C)cc1. The fraction of sp³-hybridized carbons (Fsp3) is 0.320. The molecular weight excluding hydrogens is 404 g/mol. The molecule has 0 atom stereocenters. The van der Waals surface area contributed by atoms with Gasteiger partial charge in [0.25, 0.3) is 5.91 Å². The number of para-hydroxylation sites is 1. The van der Waals surface area contributed by atoms with Gasteiger partial charge in [-0.15, -0.1) is 0 Å². The fourth-order valence-corrected chi connectivity index (χ4v) is 3.22. The van der Waals surface area contributed by atoms with E-state index in [-0.39, 0.29) is 23.8 Å². The third-order valence-corrected chi connectivity index (χ3v) is 5.09. The van der Waals surface area contributed by atoms with Crippen LogP contribution in [0.4, 0.5) is 5.82 Å². The lowest BCUT2D eigenvalue weighted by Crippen LogP contribution is -2.35. The van der Waals surface area contributed by atoms with Crippen LogP contribution in [0.2, 0.25) is 0 Å². The van der Waals surface area contributed by atoms with Crippen LogP contribution in [0.3, 0.4) is 0 Å². The number of hydrogen-bond donors (Lipinski definition) is 1. The van der Waals surface area contributed by atoms with Gasteiger partial charge >= 0.3 is 0 Å².